The van der Waals surface area contributed by atoms with E-state index in [0.717, 1.165) is 5.41 Å². The van der Waals surface area contributed by atoms with Gasteiger partial charge in [0, 0.05) is 11.0 Å². The fourth-order valence-electron chi connectivity index (χ4n) is 2.32. The van der Waals surface area contributed by atoms with Crippen molar-refractivity contribution in [2.45, 2.75) is 30.6 Å². The number of sulfone groups is 1. The fraction of sp³-hybridized carbons (Fsp3) is 0.222. The molecule has 140 valence electrons. The van der Waals surface area contributed by atoms with Crippen LogP contribution >= 0.6 is 0 Å². The quantitative estimate of drug-likeness (QED) is 0.776. The molecule has 2 aromatic rings. The number of para-hydroxylation sites is 1. The summed E-state index contributed by atoms with van der Waals surface area (Å²) < 4.78 is 53.7. The minimum absolute atomic E-state index is 0.0530. The molecule has 0 amide bonds. The molecule has 0 heterocycles. The number of ether oxygens (including phenoxy) is 1. The highest BCUT2D eigenvalue weighted by Gasteiger charge is 2.17. The molecule has 0 radical (unpaired) electrons. The van der Waals surface area contributed by atoms with Gasteiger partial charge in [-0.1, -0.05) is 36.4 Å². The van der Waals surface area contributed by atoms with E-state index in [1.165, 1.54) is 24.3 Å². The molecule has 0 fully saturated rings. The molecule has 0 saturated heterocycles. The molecule has 0 unspecified atom stereocenters. The number of rotatable bonds is 7. The Balaban J connectivity index is 2.30. The van der Waals surface area contributed by atoms with Crippen molar-refractivity contribution in [2.24, 2.45) is 5.14 Å². The van der Waals surface area contributed by atoms with Crippen LogP contribution in [0.2, 0.25) is 0 Å². The van der Waals surface area contributed by atoms with Crippen molar-refractivity contribution in [3.63, 3.8) is 0 Å². The largest absolute Gasteiger partial charge is 0.490 e. The maximum atomic E-state index is 12.4. The van der Waals surface area contributed by atoms with E-state index >= 15 is 0 Å². The van der Waals surface area contributed by atoms with Crippen molar-refractivity contribution >= 4 is 25.9 Å². The zero-order valence-electron chi connectivity index (χ0n) is 14.5. The van der Waals surface area contributed by atoms with Gasteiger partial charge in [0.1, 0.15) is 5.75 Å². The van der Waals surface area contributed by atoms with Gasteiger partial charge in [0.25, 0.3) is 0 Å². The van der Waals surface area contributed by atoms with Gasteiger partial charge >= 0.3 is 0 Å². The van der Waals surface area contributed by atoms with Gasteiger partial charge in [-0.15, -0.1) is 0 Å². The van der Waals surface area contributed by atoms with Crippen molar-refractivity contribution in [3.05, 3.63) is 65.1 Å². The van der Waals surface area contributed by atoms with Crippen molar-refractivity contribution in [1.82, 2.24) is 0 Å². The van der Waals surface area contributed by atoms with E-state index in [0.29, 0.717) is 11.3 Å². The van der Waals surface area contributed by atoms with Gasteiger partial charge in [-0.25, -0.2) is 22.0 Å². The zero-order valence-corrected chi connectivity index (χ0v) is 16.1. The summed E-state index contributed by atoms with van der Waals surface area (Å²) >= 11 is 0. The number of sulfonamides is 1. The average Bonchev–Trinajstić information content (AvgIpc) is 2.53. The maximum Gasteiger partial charge on any atom is 0.238 e. The normalized spacial score (nSPS) is 12.6. The van der Waals surface area contributed by atoms with Crippen LogP contribution in [0, 0.1) is 0 Å². The van der Waals surface area contributed by atoms with Crippen molar-refractivity contribution in [3.8, 4) is 5.75 Å². The Morgan fingerprint density at radius 3 is 2.27 bits per heavy atom. The summed E-state index contributed by atoms with van der Waals surface area (Å²) in [5, 5.41) is 6.20. The summed E-state index contributed by atoms with van der Waals surface area (Å²) in [6.07, 6.45) is 1.38. The summed E-state index contributed by atoms with van der Waals surface area (Å²) in [5.41, 5.74) is 0.746. The Labute approximate surface area is 154 Å². The second-order valence-corrected chi connectivity index (χ2v) is 9.38. The summed E-state index contributed by atoms with van der Waals surface area (Å²) in [5.74, 6) is 0.0995. The smallest absolute Gasteiger partial charge is 0.238 e. The third-order valence-electron chi connectivity index (χ3n) is 3.37. The van der Waals surface area contributed by atoms with Crippen LogP contribution in [0.5, 0.6) is 5.75 Å². The maximum absolute atomic E-state index is 12.4. The van der Waals surface area contributed by atoms with Crippen LogP contribution in [0.25, 0.3) is 6.08 Å². The first-order valence-corrected chi connectivity index (χ1v) is 11.1. The molecule has 0 aliphatic rings. The molecular formula is C18H21NO5S2. The van der Waals surface area contributed by atoms with Gasteiger partial charge in [0.15, 0.2) is 9.84 Å². The van der Waals surface area contributed by atoms with E-state index in [1.54, 1.807) is 30.3 Å². The molecule has 0 aliphatic heterocycles. The van der Waals surface area contributed by atoms with Crippen LogP contribution < -0.4 is 9.88 Å². The van der Waals surface area contributed by atoms with E-state index in [-0.39, 0.29) is 16.6 Å². The Hall–Kier alpha value is -2.16. The molecule has 0 spiro atoms. The third-order valence-corrected chi connectivity index (χ3v) is 5.65. The molecule has 2 aromatic carbocycles. The minimum Gasteiger partial charge on any atom is -0.490 e. The third kappa shape index (κ3) is 5.69. The zero-order chi connectivity index (χ0) is 19.4. The first kappa shape index (κ1) is 20.2. The van der Waals surface area contributed by atoms with Gasteiger partial charge in [0.05, 0.1) is 16.8 Å². The monoisotopic (exact) mass is 395 g/mol. The second kappa shape index (κ2) is 8.03. The summed E-state index contributed by atoms with van der Waals surface area (Å²) in [4.78, 5) is -0.194. The van der Waals surface area contributed by atoms with E-state index < -0.39 is 25.6 Å². The Bertz CT molecular complexity index is 1010. The predicted molar refractivity (Wildman–Crippen MR) is 102 cm³/mol. The van der Waals surface area contributed by atoms with E-state index in [2.05, 4.69) is 0 Å². The Morgan fingerprint density at radius 2 is 1.62 bits per heavy atom. The van der Waals surface area contributed by atoms with E-state index in [1.807, 2.05) is 13.8 Å². The molecular weight excluding hydrogens is 374 g/mol. The van der Waals surface area contributed by atoms with Crippen molar-refractivity contribution < 1.29 is 21.6 Å². The Morgan fingerprint density at radius 1 is 1.00 bits per heavy atom. The molecule has 26 heavy (non-hydrogen) atoms. The van der Waals surface area contributed by atoms with Gasteiger partial charge < -0.3 is 4.74 Å². The molecule has 0 aromatic heterocycles. The minimum atomic E-state index is -4.00. The van der Waals surface area contributed by atoms with Gasteiger partial charge in [-0.2, -0.15) is 0 Å². The van der Waals surface area contributed by atoms with Crippen LogP contribution in [0.3, 0.4) is 0 Å². The molecule has 2 rings (SSSR count). The summed E-state index contributed by atoms with van der Waals surface area (Å²) in [7, 11) is -7.72. The first-order valence-electron chi connectivity index (χ1n) is 7.86. The lowest BCUT2D eigenvalue weighted by Gasteiger charge is -2.12. The molecule has 0 atom stereocenters. The number of hydrogen-bond acceptors (Lipinski definition) is 5. The molecule has 8 heteroatoms. The summed E-state index contributed by atoms with van der Waals surface area (Å²) in [6, 6.07) is 12.8. The highest BCUT2D eigenvalue weighted by molar-refractivity contribution is 7.93. The number of benzene rings is 2. The first-order chi connectivity index (χ1) is 12.1. The van der Waals surface area contributed by atoms with Crippen LogP contribution in [-0.2, 0) is 25.6 Å². The predicted octanol–water partition coefficient (Wildman–Crippen LogP) is 2.71. The summed E-state index contributed by atoms with van der Waals surface area (Å²) in [6.45, 7) is 3.75. The van der Waals surface area contributed by atoms with Crippen LogP contribution in [0.15, 0.2) is 58.8 Å². The molecule has 2 N–H and O–H groups in total. The average molecular weight is 396 g/mol. The SMILES string of the molecule is CC(C)Oc1ccccc1/C=C/S(=O)(=O)Cc1ccccc1S(N)(=O)=O. The topological polar surface area (TPSA) is 104 Å². The number of nitrogens with two attached hydrogens (primary N) is 1. The van der Waals surface area contributed by atoms with Crippen LogP contribution in [0.1, 0.15) is 25.0 Å². The lowest BCUT2D eigenvalue weighted by Crippen LogP contribution is -2.15. The second-order valence-electron chi connectivity index (χ2n) is 5.97. The van der Waals surface area contributed by atoms with Gasteiger partial charge in [0.2, 0.25) is 10.0 Å². The highest BCUT2D eigenvalue weighted by Crippen LogP contribution is 2.22. The fourth-order valence-corrected chi connectivity index (χ4v) is 4.32. The van der Waals surface area contributed by atoms with E-state index in [4.69, 9.17) is 9.88 Å². The number of primary sulfonamides is 1. The van der Waals surface area contributed by atoms with Gasteiger partial charge in [-0.05, 0) is 37.6 Å². The molecule has 6 nitrogen and oxygen atoms in total. The van der Waals surface area contributed by atoms with Crippen molar-refractivity contribution in [2.75, 3.05) is 0 Å². The molecule has 0 aliphatic carbocycles. The van der Waals surface area contributed by atoms with Crippen LogP contribution in [0.4, 0.5) is 0 Å². The van der Waals surface area contributed by atoms with Crippen LogP contribution in [-0.4, -0.2) is 22.9 Å². The van der Waals surface area contributed by atoms with Gasteiger partial charge in [-0.3, -0.25) is 0 Å². The lowest BCUT2D eigenvalue weighted by atomic mass is 10.2. The molecule has 0 saturated carbocycles. The molecule has 0 bridgehead atoms. The lowest BCUT2D eigenvalue weighted by molar-refractivity contribution is 0.242. The van der Waals surface area contributed by atoms with E-state index in [9.17, 15) is 16.8 Å². The number of hydrogen-bond donors (Lipinski definition) is 1. The Kier molecular flexibility index (Phi) is 6.22. The standard InChI is InChI=1S/C18H21NO5S2/c1-14(2)24-17-9-5-3-7-15(17)11-12-25(20,21)13-16-8-4-6-10-18(16)26(19,22)23/h3-12,14H,13H2,1-2H3,(H2,19,22,23)/b12-11+. The highest BCUT2D eigenvalue weighted by atomic mass is 32.2. The van der Waals surface area contributed by atoms with Crippen molar-refractivity contribution in [1.29, 1.82) is 0 Å².